The van der Waals surface area contributed by atoms with Gasteiger partial charge in [-0.15, -0.1) is 0 Å². The maximum Gasteiger partial charge on any atom is 0.246 e. The molecule has 0 saturated heterocycles. The van der Waals surface area contributed by atoms with E-state index in [0.29, 0.717) is 5.02 Å². The van der Waals surface area contributed by atoms with Crippen LogP contribution in [0, 0.1) is 0 Å². The Morgan fingerprint density at radius 2 is 1.96 bits per heavy atom. The zero-order chi connectivity index (χ0) is 16.9. The lowest BCUT2D eigenvalue weighted by Gasteiger charge is -2.11. The summed E-state index contributed by atoms with van der Waals surface area (Å²) in [5, 5.41) is 7.73. The lowest BCUT2D eigenvalue weighted by atomic mass is 10.3. The second kappa shape index (κ2) is 7.88. The number of halogens is 2. The quantitative estimate of drug-likeness (QED) is 0.623. The first-order valence-electron chi connectivity index (χ1n) is 7.10. The fourth-order valence-electron chi connectivity index (χ4n) is 2.05. The summed E-state index contributed by atoms with van der Waals surface area (Å²) in [7, 11) is 0. The molecule has 122 valence electrons. The number of nitrogens with one attached hydrogen (secondary N) is 1. The molecule has 0 unspecified atom stereocenters. The Bertz CT molecular complexity index is 851. The van der Waals surface area contributed by atoms with Crippen molar-refractivity contribution >= 4 is 50.9 Å². The van der Waals surface area contributed by atoms with Crippen LogP contribution in [-0.2, 0) is 11.3 Å². The van der Waals surface area contributed by atoms with Gasteiger partial charge in [-0.1, -0.05) is 35.5 Å². The molecule has 3 aromatic rings. The Hall–Kier alpha value is -1.76. The first kappa shape index (κ1) is 17.1. The summed E-state index contributed by atoms with van der Waals surface area (Å²) in [6, 6.07) is 15.3. The molecule has 2 aromatic carbocycles. The average Bonchev–Trinajstić information content (AvgIpc) is 2.96. The van der Waals surface area contributed by atoms with Gasteiger partial charge in [-0.2, -0.15) is 5.10 Å². The highest BCUT2D eigenvalue weighted by Gasteiger charge is 2.09. The summed E-state index contributed by atoms with van der Waals surface area (Å²) >= 11 is 10.8. The summed E-state index contributed by atoms with van der Waals surface area (Å²) in [4.78, 5) is 14.2. The molecule has 1 heterocycles. The van der Waals surface area contributed by atoms with Crippen LogP contribution in [0.15, 0.2) is 75.2 Å². The van der Waals surface area contributed by atoms with Gasteiger partial charge in [0.1, 0.15) is 6.54 Å². The molecule has 0 bridgehead atoms. The van der Waals surface area contributed by atoms with Crippen LogP contribution in [0.4, 0.5) is 5.69 Å². The number of benzene rings is 2. The van der Waals surface area contributed by atoms with Crippen molar-refractivity contribution in [1.82, 2.24) is 9.78 Å². The third-order valence-electron chi connectivity index (χ3n) is 3.11. The number of carbonyl (C=O) groups is 1. The predicted octanol–water partition coefficient (Wildman–Crippen LogP) is 5.09. The minimum atomic E-state index is -0.130. The number of rotatable bonds is 5. The second-order valence-electron chi connectivity index (χ2n) is 4.96. The number of para-hydroxylation sites is 1. The van der Waals surface area contributed by atoms with Gasteiger partial charge in [0.05, 0.1) is 16.4 Å². The normalized spacial score (nSPS) is 10.6. The first-order chi connectivity index (χ1) is 11.6. The van der Waals surface area contributed by atoms with E-state index in [1.807, 2.05) is 48.5 Å². The second-order valence-corrected chi connectivity index (χ2v) is 7.42. The lowest BCUT2D eigenvalue weighted by Crippen LogP contribution is -2.19. The van der Waals surface area contributed by atoms with Crippen LogP contribution in [-0.4, -0.2) is 15.7 Å². The zero-order valence-corrected chi connectivity index (χ0v) is 15.6. The standard InChI is InChI=1S/C17H13BrClN3OS/c18-12-9-20-22(10-12)11-17(23)21-15-3-1-2-4-16(15)24-14-7-5-13(19)6-8-14/h1-10H,11H2,(H,21,23). The Morgan fingerprint density at radius 1 is 1.21 bits per heavy atom. The van der Waals surface area contributed by atoms with E-state index < -0.39 is 0 Å². The third kappa shape index (κ3) is 4.63. The van der Waals surface area contributed by atoms with Gasteiger partial charge in [0, 0.05) is 21.0 Å². The van der Waals surface area contributed by atoms with Gasteiger partial charge in [-0.3, -0.25) is 9.48 Å². The van der Waals surface area contributed by atoms with Gasteiger partial charge in [-0.25, -0.2) is 0 Å². The van der Waals surface area contributed by atoms with E-state index in [1.54, 1.807) is 28.8 Å². The molecule has 0 radical (unpaired) electrons. The molecule has 1 N–H and O–H groups in total. The van der Waals surface area contributed by atoms with Crippen molar-refractivity contribution in [2.75, 3.05) is 5.32 Å². The fourth-order valence-corrected chi connectivity index (χ4v) is 3.41. The largest absolute Gasteiger partial charge is 0.323 e. The summed E-state index contributed by atoms with van der Waals surface area (Å²) in [5.41, 5.74) is 0.772. The van der Waals surface area contributed by atoms with E-state index >= 15 is 0 Å². The van der Waals surface area contributed by atoms with E-state index in [1.165, 1.54) is 0 Å². The fraction of sp³-hybridized carbons (Fsp3) is 0.0588. The Morgan fingerprint density at radius 3 is 2.67 bits per heavy atom. The predicted molar refractivity (Wildman–Crippen MR) is 101 cm³/mol. The number of anilines is 1. The molecule has 0 aliphatic rings. The van der Waals surface area contributed by atoms with Crippen molar-refractivity contribution in [3.8, 4) is 0 Å². The van der Waals surface area contributed by atoms with Gasteiger partial charge in [0.2, 0.25) is 5.91 Å². The third-order valence-corrected chi connectivity index (χ3v) is 4.86. The number of amides is 1. The first-order valence-corrected chi connectivity index (χ1v) is 9.09. The molecule has 0 fully saturated rings. The molecule has 3 rings (SSSR count). The molecule has 4 nitrogen and oxygen atoms in total. The zero-order valence-electron chi connectivity index (χ0n) is 12.4. The highest BCUT2D eigenvalue weighted by Crippen LogP contribution is 2.33. The smallest absolute Gasteiger partial charge is 0.246 e. The van der Waals surface area contributed by atoms with Gasteiger partial charge in [0.25, 0.3) is 0 Å². The molecule has 0 aliphatic carbocycles. The van der Waals surface area contributed by atoms with Gasteiger partial charge in [0.15, 0.2) is 0 Å². The number of aromatic nitrogens is 2. The van der Waals surface area contributed by atoms with E-state index in [4.69, 9.17) is 11.6 Å². The Balaban J connectivity index is 1.71. The minimum Gasteiger partial charge on any atom is -0.323 e. The number of hydrogen-bond donors (Lipinski definition) is 1. The molecular formula is C17H13BrClN3OS. The maximum absolute atomic E-state index is 12.2. The molecule has 1 aromatic heterocycles. The van der Waals surface area contributed by atoms with E-state index in [9.17, 15) is 4.79 Å². The highest BCUT2D eigenvalue weighted by atomic mass is 79.9. The summed E-state index contributed by atoms with van der Waals surface area (Å²) in [6.45, 7) is 0.158. The van der Waals surface area contributed by atoms with Crippen molar-refractivity contribution < 1.29 is 4.79 Å². The van der Waals surface area contributed by atoms with E-state index in [-0.39, 0.29) is 12.5 Å². The van der Waals surface area contributed by atoms with Gasteiger partial charge in [-0.05, 0) is 52.3 Å². The molecular weight excluding hydrogens is 410 g/mol. The van der Waals surface area contributed by atoms with Crippen LogP contribution < -0.4 is 5.32 Å². The van der Waals surface area contributed by atoms with Crippen molar-refractivity contribution in [3.63, 3.8) is 0 Å². The van der Waals surface area contributed by atoms with Crippen LogP contribution >= 0.6 is 39.3 Å². The highest BCUT2D eigenvalue weighted by molar-refractivity contribution is 9.10. The number of carbonyl (C=O) groups excluding carboxylic acids is 1. The monoisotopic (exact) mass is 421 g/mol. The SMILES string of the molecule is O=C(Cn1cc(Br)cn1)Nc1ccccc1Sc1ccc(Cl)cc1. The lowest BCUT2D eigenvalue weighted by molar-refractivity contribution is -0.116. The average molecular weight is 423 g/mol. The van der Waals surface area contributed by atoms with Crippen molar-refractivity contribution in [2.45, 2.75) is 16.3 Å². The summed E-state index contributed by atoms with van der Waals surface area (Å²) in [5.74, 6) is -0.130. The van der Waals surface area contributed by atoms with Gasteiger partial charge < -0.3 is 5.32 Å². The molecule has 0 aliphatic heterocycles. The maximum atomic E-state index is 12.2. The minimum absolute atomic E-state index is 0.130. The van der Waals surface area contributed by atoms with Crippen molar-refractivity contribution in [2.24, 2.45) is 0 Å². The van der Waals surface area contributed by atoms with Crippen LogP contribution in [0.25, 0.3) is 0 Å². The van der Waals surface area contributed by atoms with Crippen LogP contribution in [0.3, 0.4) is 0 Å². The van der Waals surface area contributed by atoms with Crippen LogP contribution in [0.1, 0.15) is 0 Å². The van der Waals surface area contributed by atoms with E-state index in [0.717, 1.165) is 20.0 Å². The topological polar surface area (TPSA) is 46.9 Å². The summed E-state index contributed by atoms with van der Waals surface area (Å²) in [6.07, 6.45) is 3.41. The Kier molecular flexibility index (Phi) is 5.60. The van der Waals surface area contributed by atoms with Crippen molar-refractivity contribution in [1.29, 1.82) is 0 Å². The molecule has 0 atom stereocenters. The van der Waals surface area contributed by atoms with Gasteiger partial charge >= 0.3 is 0 Å². The number of nitrogens with zero attached hydrogens (tertiary/aromatic N) is 2. The summed E-state index contributed by atoms with van der Waals surface area (Å²) < 4.78 is 2.42. The number of hydrogen-bond acceptors (Lipinski definition) is 3. The molecule has 0 spiro atoms. The molecule has 7 heteroatoms. The Labute approximate surface area is 157 Å². The van der Waals surface area contributed by atoms with Crippen LogP contribution in [0.5, 0.6) is 0 Å². The molecule has 0 saturated carbocycles. The van der Waals surface area contributed by atoms with Crippen LogP contribution in [0.2, 0.25) is 5.02 Å². The van der Waals surface area contributed by atoms with Crippen molar-refractivity contribution in [3.05, 3.63) is 70.4 Å². The van der Waals surface area contributed by atoms with E-state index in [2.05, 4.69) is 26.3 Å². The molecule has 24 heavy (non-hydrogen) atoms. The molecule has 1 amide bonds.